The van der Waals surface area contributed by atoms with Crippen molar-refractivity contribution in [3.8, 4) is 0 Å². The van der Waals surface area contributed by atoms with E-state index in [1.54, 1.807) is 37.3 Å². The molecule has 6 nitrogen and oxygen atoms in total. The van der Waals surface area contributed by atoms with Crippen LogP contribution in [0.3, 0.4) is 0 Å². The zero-order chi connectivity index (χ0) is 18.7. The molecule has 1 atom stereocenters. The quantitative estimate of drug-likeness (QED) is 0.580. The van der Waals surface area contributed by atoms with Gasteiger partial charge < -0.3 is 8.92 Å². The lowest BCUT2D eigenvalue weighted by molar-refractivity contribution is -0.0523. The first kappa shape index (κ1) is 19.1. The Kier molecular flexibility index (Phi) is 5.61. The van der Waals surface area contributed by atoms with Crippen molar-refractivity contribution in [2.75, 3.05) is 6.54 Å². The summed E-state index contributed by atoms with van der Waals surface area (Å²) in [6.07, 6.45) is 0.766. The highest BCUT2D eigenvalue weighted by molar-refractivity contribution is 7.87. The highest BCUT2D eigenvalue weighted by atomic mass is 32.2. The number of carbonyl (C=O) groups excluding carboxylic acids is 1. The minimum atomic E-state index is -5.76. The Morgan fingerprint density at radius 2 is 1.92 bits per heavy atom. The molecule has 0 unspecified atom stereocenters. The number of nitrogens with zero attached hydrogens (tertiary/aromatic N) is 1. The normalized spacial score (nSPS) is 18.0. The van der Waals surface area contributed by atoms with Crippen molar-refractivity contribution in [2.24, 2.45) is 0 Å². The molecule has 1 amide bonds. The smallest absolute Gasteiger partial charge is 0.445 e. The predicted octanol–water partition coefficient (Wildman–Crippen LogP) is 3.17. The molecule has 0 saturated heterocycles. The van der Waals surface area contributed by atoms with Crippen molar-refractivity contribution >= 4 is 16.2 Å². The number of alkyl halides is 3. The van der Waals surface area contributed by atoms with Crippen LogP contribution >= 0.6 is 0 Å². The van der Waals surface area contributed by atoms with Gasteiger partial charge in [0.1, 0.15) is 12.4 Å². The number of carbonyl (C=O) groups is 1. The van der Waals surface area contributed by atoms with E-state index in [4.69, 9.17) is 4.74 Å². The summed E-state index contributed by atoms with van der Waals surface area (Å²) in [5, 5.41) is 0. The number of rotatable bonds is 5. The molecule has 0 aromatic heterocycles. The fourth-order valence-electron chi connectivity index (χ4n) is 2.23. The highest BCUT2D eigenvalue weighted by Crippen LogP contribution is 2.29. The van der Waals surface area contributed by atoms with Crippen LogP contribution in [0.25, 0.3) is 0 Å². The number of hydrogen-bond acceptors (Lipinski definition) is 5. The minimum Gasteiger partial charge on any atom is -0.445 e. The first-order chi connectivity index (χ1) is 11.6. The molecule has 0 bridgehead atoms. The Morgan fingerprint density at radius 1 is 1.28 bits per heavy atom. The Morgan fingerprint density at radius 3 is 2.48 bits per heavy atom. The molecule has 0 radical (unpaired) electrons. The average Bonchev–Trinajstić information content (AvgIpc) is 2.95. The van der Waals surface area contributed by atoms with Gasteiger partial charge in [0, 0.05) is 0 Å². The van der Waals surface area contributed by atoms with Gasteiger partial charge in [-0.05, 0) is 18.1 Å². The van der Waals surface area contributed by atoms with Crippen molar-refractivity contribution < 1.29 is 35.3 Å². The van der Waals surface area contributed by atoms with Gasteiger partial charge in [-0.25, -0.2) is 4.79 Å². The van der Waals surface area contributed by atoms with Crippen LogP contribution in [0.1, 0.15) is 18.9 Å². The van der Waals surface area contributed by atoms with Crippen molar-refractivity contribution in [3.63, 3.8) is 0 Å². The van der Waals surface area contributed by atoms with Crippen LogP contribution in [0.2, 0.25) is 0 Å². The molecule has 0 fully saturated rings. The molecular formula is C15H16F3NO5S. The first-order valence-corrected chi connectivity index (χ1v) is 8.73. The Balaban J connectivity index is 2.00. The number of benzene rings is 1. The first-order valence-electron chi connectivity index (χ1n) is 7.33. The van der Waals surface area contributed by atoms with E-state index in [9.17, 15) is 26.4 Å². The summed E-state index contributed by atoms with van der Waals surface area (Å²) in [5.74, 6) is -0.458. The van der Waals surface area contributed by atoms with E-state index >= 15 is 0 Å². The van der Waals surface area contributed by atoms with Gasteiger partial charge in [-0.15, -0.1) is 0 Å². The lowest BCUT2D eigenvalue weighted by Gasteiger charge is -2.22. The summed E-state index contributed by atoms with van der Waals surface area (Å²) >= 11 is 0. The van der Waals surface area contributed by atoms with E-state index in [0.29, 0.717) is 6.42 Å². The third kappa shape index (κ3) is 4.65. The lowest BCUT2D eigenvalue weighted by Crippen LogP contribution is -2.36. The van der Waals surface area contributed by atoms with Crippen LogP contribution in [-0.2, 0) is 25.6 Å². The van der Waals surface area contributed by atoms with Gasteiger partial charge in [0.2, 0.25) is 0 Å². The van der Waals surface area contributed by atoms with Crippen LogP contribution in [0.4, 0.5) is 18.0 Å². The third-order valence-electron chi connectivity index (χ3n) is 3.46. The zero-order valence-electron chi connectivity index (χ0n) is 13.2. The van der Waals surface area contributed by atoms with E-state index in [2.05, 4.69) is 4.18 Å². The molecule has 1 aromatic carbocycles. The SMILES string of the molecule is CC[C@@H]1C=C(OS(=O)(=O)C(F)(F)F)CN1C(=O)OCc1ccccc1. The van der Waals surface area contributed by atoms with Crippen molar-refractivity contribution in [2.45, 2.75) is 31.5 Å². The summed E-state index contributed by atoms with van der Waals surface area (Å²) in [4.78, 5) is 13.3. The van der Waals surface area contributed by atoms with E-state index in [1.165, 1.54) is 6.08 Å². The van der Waals surface area contributed by atoms with Gasteiger partial charge in [-0.2, -0.15) is 21.6 Å². The molecule has 1 aliphatic heterocycles. The number of halogens is 3. The summed E-state index contributed by atoms with van der Waals surface area (Å²) in [5.41, 5.74) is -4.79. The molecule has 0 spiro atoms. The number of hydrogen-bond donors (Lipinski definition) is 0. The maximum Gasteiger partial charge on any atom is 0.534 e. The summed E-state index contributed by atoms with van der Waals surface area (Å²) in [7, 11) is -5.76. The van der Waals surface area contributed by atoms with Crippen LogP contribution in [0, 0.1) is 0 Å². The zero-order valence-corrected chi connectivity index (χ0v) is 14.0. The van der Waals surface area contributed by atoms with E-state index in [1.807, 2.05) is 0 Å². The van der Waals surface area contributed by atoms with Gasteiger partial charge in [-0.3, -0.25) is 4.90 Å². The molecule has 1 aromatic rings. The number of amides is 1. The largest absolute Gasteiger partial charge is 0.534 e. The van der Waals surface area contributed by atoms with E-state index in [-0.39, 0.29) is 6.61 Å². The highest BCUT2D eigenvalue weighted by Gasteiger charge is 2.49. The second-order valence-electron chi connectivity index (χ2n) is 5.26. The molecule has 1 aliphatic rings. The molecule has 0 N–H and O–H groups in total. The molecular weight excluding hydrogens is 363 g/mol. The van der Waals surface area contributed by atoms with Crippen LogP contribution in [0.15, 0.2) is 42.2 Å². The summed E-state index contributed by atoms with van der Waals surface area (Å²) < 4.78 is 68.5. The molecule has 0 saturated carbocycles. The van der Waals surface area contributed by atoms with Gasteiger partial charge in [0.25, 0.3) is 0 Å². The average molecular weight is 379 g/mol. The standard InChI is InChI=1S/C15H16F3NO5S/c1-2-12-8-13(24-25(21,22)15(16,17)18)9-19(12)14(20)23-10-11-6-4-3-5-7-11/h3-8,12H,2,9-10H2,1H3/t12-/m1/s1. The van der Waals surface area contributed by atoms with Crippen molar-refractivity contribution in [1.29, 1.82) is 0 Å². The van der Waals surface area contributed by atoms with E-state index in [0.717, 1.165) is 10.5 Å². The maximum atomic E-state index is 12.4. The fraction of sp³-hybridized carbons (Fsp3) is 0.400. The second-order valence-corrected chi connectivity index (χ2v) is 6.80. The Hall–Kier alpha value is -2.23. The van der Waals surface area contributed by atoms with Gasteiger partial charge in [0.15, 0.2) is 0 Å². The maximum absolute atomic E-state index is 12.4. The van der Waals surface area contributed by atoms with Crippen molar-refractivity contribution in [1.82, 2.24) is 4.90 Å². The third-order valence-corrected chi connectivity index (χ3v) is 4.46. The lowest BCUT2D eigenvalue weighted by atomic mass is 10.2. The second kappa shape index (κ2) is 7.34. The van der Waals surface area contributed by atoms with Gasteiger partial charge >= 0.3 is 21.7 Å². The van der Waals surface area contributed by atoms with Gasteiger partial charge in [0.05, 0.1) is 12.6 Å². The summed E-state index contributed by atoms with van der Waals surface area (Å²) in [6, 6.07) is 8.22. The number of ether oxygens (including phenoxy) is 1. The van der Waals surface area contributed by atoms with Gasteiger partial charge in [-0.1, -0.05) is 37.3 Å². The molecule has 2 rings (SSSR count). The van der Waals surface area contributed by atoms with E-state index < -0.39 is 40.1 Å². The molecule has 1 heterocycles. The predicted molar refractivity (Wildman–Crippen MR) is 81.6 cm³/mol. The molecule has 138 valence electrons. The Bertz CT molecular complexity index is 746. The van der Waals surface area contributed by atoms with Crippen LogP contribution < -0.4 is 0 Å². The van der Waals surface area contributed by atoms with Crippen molar-refractivity contribution in [3.05, 3.63) is 47.7 Å². The topological polar surface area (TPSA) is 72.9 Å². The minimum absolute atomic E-state index is 0.0103. The molecule has 25 heavy (non-hydrogen) atoms. The monoisotopic (exact) mass is 379 g/mol. The fourth-order valence-corrected chi connectivity index (χ4v) is 2.71. The Labute approximate surface area is 142 Å². The van der Waals surface area contributed by atoms with Crippen LogP contribution in [-0.4, -0.2) is 37.5 Å². The summed E-state index contributed by atoms with van der Waals surface area (Å²) in [6.45, 7) is 1.27. The van der Waals surface area contributed by atoms with Crippen LogP contribution in [0.5, 0.6) is 0 Å². The molecule has 0 aliphatic carbocycles. The molecule has 10 heteroatoms.